The van der Waals surface area contributed by atoms with Gasteiger partial charge in [-0.1, -0.05) is 19.1 Å². The Morgan fingerprint density at radius 2 is 1.83 bits per heavy atom. The highest BCUT2D eigenvalue weighted by atomic mass is 32.1. The summed E-state index contributed by atoms with van der Waals surface area (Å²) in [6.45, 7) is 9.78. The van der Waals surface area contributed by atoms with Gasteiger partial charge in [0, 0.05) is 12.2 Å². The first-order valence-electron chi connectivity index (χ1n) is 8.14. The second kappa shape index (κ2) is 6.94. The molecule has 1 aromatic rings. The van der Waals surface area contributed by atoms with Crippen LogP contribution < -0.4 is 0 Å². The maximum Gasteiger partial charge on any atom is 0.491 e. The van der Waals surface area contributed by atoms with Crippen molar-refractivity contribution in [1.82, 2.24) is 0 Å². The van der Waals surface area contributed by atoms with Crippen molar-refractivity contribution in [1.29, 1.82) is 0 Å². The maximum absolute atomic E-state index is 11.9. The molecular formula is C18H25BO4S. The van der Waals surface area contributed by atoms with Crippen molar-refractivity contribution in [2.24, 2.45) is 0 Å². The van der Waals surface area contributed by atoms with Crippen LogP contribution in [0.5, 0.6) is 5.75 Å². The predicted octanol–water partition coefficient (Wildman–Crippen LogP) is 3.93. The number of Topliss-reactive ketones (excluding diaryl/α,β-unsaturated/α-hetero) is 1. The number of ketones is 1. The van der Waals surface area contributed by atoms with Crippen LogP contribution >= 0.6 is 12.6 Å². The van der Waals surface area contributed by atoms with Gasteiger partial charge < -0.3 is 14.4 Å². The van der Waals surface area contributed by atoms with E-state index in [4.69, 9.17) is 9.31 Å². The van der Waals surface area contributed by atoms with Crippen molar-refractivity contribution in [2.45, 2.75) is 52.2 Å². The van der Waals surface area contributed by atoms with E-state index >= 15 is 0 Å². The molecule has 0 atom stereocenters. The highest BCUT2D eigenvalue weighted by molar-refractivity contribution is 7.80. The van der Waals surface area contributed by atoms with Gasteiger partial charge in [-0.3, -0.25) is 4.79 Å². The lowest BCUT2D eigenvalue weighted by molar-refractivity contribution is 0.00578. The first-order chi connectivity index (χ1) is 11.1. The van der Waals surface area contributed by atoms with Crippen molar-refractivity contribution in [3.8, 4) is 5.75 Å². The van der Waals surface area contributed by atoms with Crippen LogP contribution in [-0.4, -0.2) is 35.0 Å². The summed E-state index contributed by atoms with van der Waals surface area (Å²) in [5.74, 6) is 0.377. The summed E-state index contributed by atoms with van der Waals surface area (Å²) in [6, 6.07) is 4.99. The van der Waals surface area contributed by atoms with E-state index < -0.39 is 18.3 Å². The molecule has 130 valence electrons. The smallest absolute Gasteiger partial charge is 0.491 e. The van der Waals surface area contributed by atoms with Crippen molar-refractivity contribution in [3.63, 3.8) is 0 Å². The number of hydrogen-bond donors (Lipinski definition) is 2. The Hall–Kier alpha value is -1.24. The van der Waals surface area contributed by atoms with Crippen molar-refractivity contribution >= 4 is 31.6 Å². The van der Waals surface area contributed by atoms with Crippen molar-refractivity contribution in [2.75, 3.05) is 5.75 Å². The molecule has 1 aliphatic rings. The van der Waals surface area contributed by atoms with Gasteiger partial charge in [-0.05, 0) is 50.9 Å². The minimum absolute atomic E-state index is 0.00190. The molecule has 0 spiro atoms. The normalized spacial score (nSPS) is 19.6. The number of carbonyl (C=O) groups excluding carboxylic acids is 1. The molecule has 0 unspecified atom stereocenters. The molecule has 4 nitrogen and oxygen atoms in total. The number of rotatable bonds is 5. The summed E-state index contributed by atoms with van der Waals surface area (Å²) < 4.78 is 12.1. The third-order valence-electron chi connectivity index (χ3n) is 4.73. The fourth-order valence-electron chi connectivity index (χ4n) is 2.45. The fourth-order valence-corrected chi connectivity index (χ4v) is 2.69. The lowest BCUT2D eigenvalue weighted by atomic mass is 9.78. The third-order valence-corrected chi connectivity index (χ3v) is 5.10. The molecule has 6 heteroatoms. The summed E-state index contributed by atoms with van der Waals surface area (Å²) in [7, 11) is -0.480. The summed E-state index contributed by atoms with van der Waals surface area (Å²) >= 11 is 4.40. The molecule has 0 aliphatic carbocycles. The van der Waals surface area contributed by atoms with E-state index in [1.165, 1.54) is 6.07 Å². The van der Waals surface area contributed by atoms with Gasteiger partial charge in [0.2, 0.25) is 0 Å². The standard InChI is InChI=1S/C18H25BO4S/c1-6-15(20)14-10-12(7-8-16(14)21)9-13(11-24)19-22-17(2,3)18(4,5)23-19/h7-10,21,24H,6,11H2,1-5H3. The van der Waals surface area contributed by atoms with Gasteiger partial charge >= 0.3 is 7.12 Å². The Kier molecular flexibility index (Phi) is 5.52. The molecular weight excluding hydrogens is 323 g/mol. The zero-order valence-corrected chi connectivity index (χ0v) is 15.8. The van der Waals surface area contributed by atoms with Crippen LogP contribution in [-0.2, 0) is 9.31 Å². The van der Waals surface area contributed by atoms with Crippen LogP contribution in [0.1, 0.15) is 57.0 Å². The minimum atomic E-state index is -0.480. The second-order valence-electron chi connectivity index (χ2n) is 7.02. The summed E-state index contributed by atoms with van der Waals surface area (Å²) in [6.07, 6.45) is 2.25. The number of benzene rings is 1. The molecule has 1 heterocycles. The lowest BCUT2D eigenvalue weighted by Gasteiger charge is -2.32. The average Bonchev–Trinajstić information content (AvgIpc) is 2.73. The van der Waals surface area contributed by atoms with Gasteiger partial charge in [0.15, 0.2) is 5.78 Å². The monoisotopic (exact) mass is 348 g/mol. The van der Waals surface area contributed by atoms with Gasteiger partial charge in [-0.25, -0.2) is 0 Å². The summed E-state index contributed by atoms with van der Waals surface area (Å²) in [4.78, 5) is 11.9. The first kappa shape index (κ1) is 19.1. The molecule has 1 saturated heterocycles. The molecule has 24 heavy (non-hydrogen) atoms. The Bertz CT molecular complexity index is 651. The van der Waals surface area contributed by atoms with E-state index in [-0.39, 0.29) is 11.5 Å². The molecule has 1 fully saturated rings. The van der Waals surface area contributed by atoms with Crippen molar-refractivity contribution in [3.05, 3.63) is 34.8 Å². The maximum atomic E-state index is 11.9. The molecule has 1 aliphatic heterocycles. The van der Waals surface area contributed by atoms with E-state index in [1.807, 2.05) is 33.8 Å². The Balaban J connectivity index is 2.34. The van der Waals surface area contributed by atoms with E-state index in [0.717, 1.165) is 11.0 Å². The molecule has 0 radical (unpaired) electrons. The molecule has 0 amide bonds. The fraction of sp³-hybridized carbons (Fsp3) is 0.500. The highest BCUT2D eigenvalue weighted by Crippen LogP contribution is 2.39. The minimum Gasteiger partial charge on any atom is -0.507 e. The van der Waals surface area contributed by atoms with E-state index in [0.29, 0.717) is 17.7 Å². The molecule has 2 rings (SSSR count). The third kappa shape index (κ3) is 3.71. The van der Waals surface area contributed by atoms with E-state index in [1.54, 1.807) is 19.1 Å². The van der Waals surface area contributed by atoms with E-state index in [9.17, 15) is 9.90 Å². The zero-order chi connectivity index (χ0) is 18.1. The number of phenols is 1. The topological polar surface area (TPSA) is 55.8 Å². The van der Waals surface area contributed by atoms with Gasteiger partial charge in [0.05, 0.1) is 16.8 Å². The zero-order valence-electron chi connectivity index (χ0n) is 14.9. The van der Waals surface area contributed by atoms with Crippen LogP contribution in [0.3, 0.4) is 0 Å². The Morgan fingerprint density at radius 1 is 1.25 bits per heavy atom. The quantitative estimate of drug-likeness (QED) is 0.481. The van der Waals surface area contributed by atoms with Crippen LogP contribution in [0.15, 0.2) is 23.7 Å². The molecule has 0 aromatic heterocycles. The van der Waals surface area contributed by atoms with Gasteiger partial charge in [0.1, 0.15) is 5.75 Å². The lowest BCUT2D eigenvalue weighted by Crippen LogP contribution is -2.41. The number of phenolic OH excluding ortho intramolecular Hbond substituents is 1. The molecule has 1 aromatic carbocycles. The predicted molar refractivity (Wildman–Crippen MR) is 101 cm³/mol. The second-order valence-corrected chi connectivity index (χ2v) is 7.34. The van der Waals surface area contributed by atoms with Gasteiger partial charge in [-0.15, -0.1) is 0 Å². The summed E-state index contributed by atoms with van der Waals surface area (Å²) in [5.41, 5.74) is 1.18. The number of carbonyl (C=O) groups is 1. The van der Waals surface area contributed by atoms with Crippen molar-refractivity contribution < 1.29 is 19.2 Å². The van der Waals surface area contributed by atoms with Gasteiger partial charge in [0.25, 0.3) is 0 Å². The van der Waals surface area contributed by atoms with Gasteiger partial charge in [-0.2, -0.15) is 12.6 Å². The first-order valence-corrected chi connectivity index (χ1v) is 8.77. The highest BCUT2D eigenvalue weighted by Gasteiger charge is 2.52. The SMILES string of the molecule is CCC(=O)c1cc(C=C(CS)B2OC(C)(C)C(C)(C)O2)ccc1O. The molecule has 0 saturated carbocycles. The average molecular weight is 348 g/mol. The summed E-state index contributed by atoms with van der Waals surface area (Å²) in [5, 5.41) is 9.87. The Labute approximate surface area is 149 Å². The number of thiol groups is 1. The van der Waals surface area contributed by atoms with Crippen LogP contribution in [0.25, 0.3) is 6.08 Å². The van der Waals surface area contributed by atoms with Crippen LogP contribution in [0, 0.1) is 0 Å². The molecule has 0 bridgehead atoms. The van der Waals surface area contributed by atoms with Crippen LogP contribution in [0.2, 0.25) is 0 Å². The number of aromatic hydroxyl groups is 1. The molecule has 1 N–H and O–H groups in total. The van der Waals surface area contributed by atoms with Crippen LogP contribution in [0.4, 0.5) is 0 Å². The largest absolute Gasteiger partial charge is 0.507 e. The van der Waals surface area contributed by atoms with E-state index in [2.05, 4.69) is 12.6 Å². The number of hydrogen-bond acceptors (Lipinski definition) is 5. The Morgan fingerprint density at radius 3 is 2.33 bits per heavy atom.